The molecule has 0 bridgehead atoms. The Labute approximate surface area is 186 Å². The van der Waals surface area contributed by atoms with Crippen LogP contribution in [-0.2, 0) is 22.6 Å². The van der Waals surface area contributed by atoms with E-state index in [1.165, 1.54) is 11.3 Å². The number of carbonyl (C=O) groups excluding carboxylic acids is 3. The topological polar surface area (TPSA) is 127 Å². The quantitative estimate of drug-likeness (QED) is 0.500. The molecule has 1 aromatic carbocycles. The number of thiophene rings is 1. The average molecular weight is 455 g/mol. The van der Waals surface area contributed by atoms with Crippen LogP contribution in [0.15, 0.2) is 57.1 Å². The molecule has 4 amide bonds. The summed E-state index contributed by atoms with van der Waals surface area (Å²) >= 11 is 1.37. The lowest BCUT2D eigenvalue weighted by molar-refractivity contribution is -0.139. The van der Waals surface area contributed by atoms with Gasteiger partial charge in [0, 0.05) is 6.42 Å². The summed E-state index contributed by atoms with van der Waals surface area (Å²) in [7, 11) is 0. The standard InChI is InChI=1S/C21H21N5O5S/c1-21(11-9-14-6-3-2-4-7-14)18(28)26(19(29)22-21)23-16(27)10-12-25-20(30)31-17(24-25)15-8-5-13-32-15/h2-8,13H,9-12H2,1H3,(H,22,29)(H,23,27)/t21-/m0/s1. The molecule has 0 aliphatic carbocycles. The van der Waals surface area contributed by atoms with E-state index in [4.69, 9.17) is 4.42 Å². The summed E-state index contributed by atoms with van der Waals surface area (Å²) in [4.78, 5) is 50.1. The van der Waals surface area contributed by atoms with E-state index in [-0.39, 0.29) is 18.9 Å². The number of aromatic nitrogens is 2. The van der Waals surface area contributed by atoms with E-state index in [1.54, 1.807) is 19.1 Å². The first-order chi connectivity index (χ1) is 15.4. The molecule has 32 heavy (non-hydrogen) atoms. The van der Waals surface area contributed by atoms with E-state index in [0.29, 0.717) is 22.7 Å². The van der Waals surface area contributed by atoms with E-state index in [9.17, 15) is 19.2 Å². The Bertz CT molecular complexity index is 1190. The Balaban J connectivity index is 1.33. The van der Waals surface area contributed by atoms with E-state index in [1.807, 2.05) is 35.7 Å². The number of amides is 4. The number of carbonyl (C=O) groups is 3. The summed E-state index contributed by atoms with van der Waals surface area (Å²) in [6, 6.07) is 12.5. The Kier molecular flexibility index (Phi) is 5.91. The van der Waals surface area contributed by atoms with Crippen LogP contribution in [-0.4, -0.2) is 38.2 Å². The molecule has 166 valence electrons. The van der Waals surface area contributed by atoms with Gasteiger partial charge in [0.1, 0.15) is 5.54 Å². The van der Waals surface area contributed by atoms with Gasteiger partial charge in [-0.25, -0.2) is 9.59 Å². The second kappa shape index (κ2) is 8.79. The van der Waals surface area contributed by atoms with Gasteiger partial charge >= 0.3 is 11.8 Å². The molecule has 4 rings (SSSR count). The number of aryl methyl sites for hydroxylation is 2. The third kappa shape index (κ3) is 4.47. The largest absolute Gasteiger partial charge is 0.437 e. The van der Waals surface area contributed by atoms with Crippen LogP contribution in [0.5, 0.6) is 0 Å². The molecule has 0 saturated carbocycles. The summed E-state index contributed by atoms with van der Waals surface area (Å²) < 4.78 is 6.13. The third-order valence-electron chi connectivity index (χ3n) is 5.14. The van der Waals surface area contributed by atoms with Gasteiger partial charge in [0.2, 0.25) is 5.91 Å². The molecule has 3 heterocycles. The van der Waals surface area contributed by atoms with Crippen molar-refractivity contribution >= 4 is 29.2 Å². The van der Waals surface area contributed by atoms with Gasteiger partial charge in [0.15, 0.2) is 0 Å². The number of benzene rings is 1. The minimum atomic E-state index is -1.13. The zero-order valence-corrected chi connectivity index (χ0v) is 18.1. The Hall–Kier alpha value is -3.73. The van der Waals surface area contributed by atoms with Crippen molar-refractivity contribution in [3.63, 3.8) is 0 Å². The number of hydrogen-bond acceptors (Lipinski definition) is 7. The molecule has 11 heteroatoms. The zero-order valence-electron chi connectivity index (χ0n) is 17.2. The van der Waals surface area contributed by atoms with Gasteiger partial charge in [0.05, 0.1) is 11.4 Å². The Morgan fingerprint density at radius 3 is 2.69 bits per heavy atom. The van der Waals surface area contributed by atoms with Crippen molar-refractivity contribution in [2.45, 2.75) is 38.3 Å². The van der Waals surface area contributed by atoms with Crippen molar-refractivity contribution in [2.24, 2.45) is 0 Å². The molecule has 1 aliphatic heterocycles. The van der Waals surface area contributed by atoms with Crippen LogP contribution in [0.25, 0.3) is 10.8 Å². The number of hydrazine groups is 1. The molecule has 2 N–H and O–H groups in total. The molecule has 1 aliphatic rings. The van der Waals surface area contributed by atoms with Crippen molar-refractivity contribution in [2.75, 3.05) is 0 Å². The van der Waals surface area contributed by atoms with E-state index in [2.05, 4.69) is 15.8 Å². The smallest absolute Gasteiger partial charge is 0.387 e. The van der Waals surface area contributed by atoms with E-state index >= 15 is 0 Å². The Morgan fingerprint density at radius 1 is 1.19 bits per heavy atom. The fourth-order valence-corrected chi connectivity index (χ4v) is 3.97. The maximum atomic E-state index is 12.8. The van der Waals surface area contributed by atoms with Crippen LogP contribution in [0.2, 0.25) is 0 Å². The number of imide groups is 1. The second-order valence-electron chi connectivity index (χ2n) is 7.55. The minimum absolute atomic E-state index is 0.0610. The lowest BCUT2D eigenvalue weighted by Gasteiger charge is -2.21. The molecule has 1 atom stereocenters. The molecule has 0 unspecified atom stereocenters. The molecule has 1 fully saturated rings. The summed E-state index contributed by atoms with van der Waals surface area (Å²) in [6.45, 7) is 1.57. The van der Waals surface area contributed by atoms with Crippen LogP contribution in [0.3, 0.4) is 0 Å². The highest BCUT2D eigenvalue weighted by atomic mass is 32.1. The van der Waals surface area contributed by atoms with E-state index in [0.717, 1.165) is 10.2 Å². The van der Waals surface area contributed by atoms with Crippen molar-refractivity contribution < 1.29 is 18.8 Å². The molecule has 10 nitrogen and oxygen atoms in total. The predicted molar refractivity (Wildman–Crippen MR) is 115 cm³/mol. The number of hydrogen-bond donors (Lipinski definition) is 2. The lowest BCUT2D eigenvalue weighted by Crippen LogP contribution is -2.49. The number of urea groups is 1. The lowest BCUT2D eigenvalue weighted by atomic mass is 9.93. The van der Waals surface area contributed by atoms with E-state index < -0.39 is 29.1 Å². The fourth-order valence-electron chi connectivity index (χ4n) is 3.33. The second-order valence-corrected chi connectivity index (χ2v) is 8.49. The van der Waals surface area contributed by atoms with Crippen LogP contribution in [0.4, 0.5) is 4.79 Å². The third-order valence-corrected chi connectivity index (χ3v) is 6.00. The zero-order chi connectivity index (χ0) is 22.7. The first-order valence-electron chi connectivity index (χ1n) is 9.98. The van der Waals surface area contributed by atoms with Crippen LogP contribution >= 0.6 is 11.3 Å². The fraction of sp³-hybridized carbons (Fsp3) is 0.286. The number of nitrogens with zero attached hydrogens (tertiary/aromatic N) is 3. The highest BCUT2D eigenvalue weighted by Gasteiger charge is 2.48. The van der Waals surface area contributed by atoms with Gasteiger partial charge in [-0.3, -0.25) is 15.0 Å². The van der Waals surface area contributed by atoms with Crippen molar-refractivity contribution in [1.29, 1.82) is 0 Å². The molecular formula is C21H21N5O5S. The van der Waals surface area contributed by atoms with Gasteiger partial charge in [-0.2, -0.15) is 9.69 Å². The maximum absolute atomic E-state index is 12.8. The van der Waals surface area contributed by atoms with Crippen LogP contribution in [0.1, 0.15) is 25.3 Å². The summed E-state index contributed by atoms with van der Waals surface area (Å²) in [5.41, 5.74) is 2.23. The summed E-state index contributed by atoms with van der Waals surface area (Å²) in [5, 5.41) is 9.24. The van der Waals surface area contributed by atoms with Crippen molar-refractivity contribution in [3.05, 3.63) is 64.0 Å². The summed E-state index contributed by atoms with van der Waals surface area (Å²) in [5.74, 6) is -1.66. The molecule has 1 saturated heterocycles. The molecule has 3 aromatic rings. The molecule has 0 radical (unpaired) electrons. The van der Waals surface area contributed by atoms with Gasteiger partial charge < -0.3 is 9.73 Å². The van der Waals surface area contributed by atoms with Crippen LogP contribution < -0.4 is 16.5 Å². The van der Waals surface area contributed by atoms with Crippen molar-refractivity contribution in [3.8, 4) is 10.8 Å². The normalized spacial score (nSPS) is 18.1. The highest BCUT2D eigenvalue weighted by Crippen LogP contribution is 2.23. The molecule has 2 aromatic heterocycles. The maximum Gasteiger partial charge on any atom is 0.437 e. The monoisotopic (exact) mass is 455 g/mol. The van der Waals surface area contributed by atoms with Gasteiger partial charge in [-0.05, 0) is 36.8 Å². The first-order valence-corrected chi connectivity index (χ1v) is 10.9. The highest BCUT2D eigenvalue weighted by molar-refractivity contribution is 7.13. The van der Waals surface area contributed by atoms with Gasteiger partial charge in [-0.1, -0.05) is 36.4 Å². The summed E-state index contributed by atoms with van der Waals surface area (Å²) in [6.07, 6.45) is 0.800. The van der Waals surface area contributed by atoms with Gasteiger partial charge in [0.25, 0.3) is 11.8 Å². The minimum Gasteiger partial charge on any atom is -0.387 e. The molecular weight excluding hydrogens is 434 g/mol. The predicted octanol–water partition coefficient (Wildman–Crippen LogP) is 1.93. The SMILES string of the molecule is C[C@@]1(CCc2ccccc2)NC(=O)N(NC(=O)CCn2nc(-c3cccs3)oc2=O)C1=O. The van der Waals surface area contributed by atoms with Gasteiger partial charge in [-0.15, -0.1) is 16.4 Å². The number of nitrogens with one attached hydrogen (secondary N) is 2. The first kappa shape index (κ1) is 21.5. The van der Waals surface area contributed by atoms with Crippen molar-refractivity contribution in [1.82, 2.24) is 25.5 Å². The Morgan fingerprint density at radius 2 is 1.97 bits per heavy atom. The van der Waals surface area contributed by atoms with Crippen LogP contribution in [0, 0.1) is 0 Å². The molecule has 0 spiro atoms. The average Bonchev–Trinajstić information content (AvgIpc) is 3.48. The number of rotatable bonds is 8.